The summed E-state index contributed by atoms with van der Waals surface area (Å²) in [5.41, 5.74) is 0.197. The summed E-state index contributed by atoms with van der Waals surface area (Å²) in [7, 11) is 0. The van der Waals surface area contributed by atoms with Crippen LogP contribution in [0.5, 0.6) is 0 Å². The molecule has 1 saturated heterocycles. The molecule has 3 aromatic heterocycles. The Balaban J connectivity index is 1.19. The number of nitrogens with one attached hydrogen (secondary N) is 1. The van der Waals surface area contributed by atoms with Crippen molar-refractivity contribution in [1.82, 2.24) is 20.0 Å². The third-order valence-electron chi connectivity index (χ3n) is 9.55. The number of carbonyl (C=O) groups is 2. The molecule has 44 heavy (non-hydrogen) atoms. The van der Waals surface area contributed by atoms with E-state index in [9.17, 15) is 23.5 Å². The number of pyridine rings is 1. The van der Waals surface area contributed by atoms with Crippen LogP contribution in [0.15, 0.2) is 53.3 Å². The molecule has 2 N–H and O–H groups in total. The Morgan fingerprint density at radius 3 is 2.59 bits per heavy atom. The Kier molecular flexibility index (Phi) is 7.78. The van der Waals surface area contributed by atoms with Gasteiger partial charge in [-0.1, -0.05) is 19.0 Å². The van der Waals surface area contributed by atoms with Crippen molar-refractivity contribution >= 4 is 22.6 Å². The molecule has 1 aromatic carbocycles. The van der Waals surface area contributed by atoms with Crippen LogP contribution in [0.3, 0.4) is 0 Å². The summed E-state index contributed by atoms with van der Waals surface area (Å²) in [4.78, 5) is 37.2. The maximum atomic E-state index is 14.3. The van der Waals surface area contributed by atoms with Crippen molar-refractivity contribution in [3.63, 3.8) is 0 Å². The molecule has 2 fully saturated rings. The summed E-state index contributed by atoms with van der Waals surface area (Å²) in [5, 5.41) is 15.3. The van der Waals surface area contributed by atoms with Crippen molar-refractivity contribution in [3.05, 3.63) is 71.7 Å². The molecule has 0 radical (unpaired) electrons. The highest BCUT2D eigenvalue weighted by Gasteiger charge is 2.49. The van der Waals surface area contributed by atoms with E-state index in [0.717, 1.165) is 41.6 Å². The number of rotatable bonds is 10. The van der Waals surface area contributed by atoms with E-state index in [4.69, 9.17) is 4.52 Å². The quantitative estimate of drug-likeness (QED) is 0.202. The lowest BCUT2D eigenvalue weighted by atomic mass is 9.68. The molecule has 1 saturated carbocycles. The molecule has 1 aliphatic carbocycles. The summed E-state index contributed by atoms with van der Waals surface area (Å²) in [6.07, 6.45) is 7.38. The molecule has 4 aromatic rings. The van der Waals surface area contributed by atoms with Crippen molar-refractivity contribution in [3.8, 4) is 11.3 Å². The minimum Gasteiger partial charge on any atom is -0.390 e. The Hall–Kier alpha value is -3.76. The van der Waals surface area contributed by atoms with Gasteiger partial charge >= 0.3 is 0 Å². The van der Waals surface area contributed by atoms with Gasteiger partial charge in [0, 0.05) is 73.7 Å². The van der Waals surface area contributed by atoms with E-state index in [0.29, 0.717) is 38.4 Å². The minimum atomic E-state index is -0.808. The highest BCUT2D eigenvalue weighted by atomic mass is 19.1. The second-order valence-corrected chi connectivity index (χ2v) is 13.8. The van der Waals surface area contributed by atoms with Crippen LogP contribution in [0, 0.1) is 17.0 Å². The average molecular weight is 605 g/mol. The zero-order chi connectivity index (χ0) is 31.3. The number of benzene rings is 1. The first-order valence-corrected chi connectivity index (χ1v) is 15.2. The van der Waals surface area contributed by atoms with Crippen molar-refractivity contribution in [2.45, 2.75) is 82.8 Å². The first-order valence-electron chi connectivity index (χ1n) is 15.2. The molecule has 0 unspecified atom stereocenters. The molecule has 8 nitrogen and oxygen atoms in total. The van der Waals surface area contributed by atoms with Crippen LogP contribution in [0.4, 0.5) is 8.78 Å². The number of aliphatic hydroxyl groups is 1. The average Bonchev–Trinajstić information content (AvgIpc) is 3.61. The third-order valence-corrected chi connectivity index (χ3v) is 9.55. The molecular formula is C34H38F2N4O4. The fraction of sp³-hybridized carbons (Fsp3) is 0.471. The van der Waals surface area contributed by atoms with Crippen LogP contribution in [0.25, 0.3) is 22.4 Å². The lowest BCUT2D eigenvalue weighted by Crippen LogP contribution is -2.62. The number of nitrogens with zero attached hydrogens (tertiary/aromatic N) is 3. The zero-order valence-electron chi connectivity index (χ0n) is 25.3. The first kappa shape index (κ1) is 30.3. The van der Waals surface area contributed by atoms with Gasteiger partial charge in [0.15, 0.2) is 11.5 Å². The minimum absolute atomic E-state index is 0.0146. The predicted octanol–water partition coefficient (Wildman–Crippen LogP) is 6.39. The van der Waals surface area contributed by atoms with Crippen LogP contribution >= 0.6 is 0 Å². The lowest BCUT2D eigenvalue weighted by Gasteiger charge is -2.55. The lowest BCUT2D eigenvalue weighted by molar-refractivity contribution is -0.128. The Morgan fingerprint density at radius 2 is 1.86 bits per heavy atom. The fourth-order valence-corrected chi connectivity index (χ4v) is 7.22. The van der Waals surface area contributed by atoms with Crippen LogP contribution in [0.1, 0.15) is 81.8 Å². The number of aromatic amines is 1. The van der Waals surface area contributed by atoms with Gasteiger partial charge in [-0.25, -0.2) is 13.8 Å². The third kappa shape index (κ3) is 6.10. The molecular weight excluding hydrogens is 566 g/mol. The van der Waals surface area contributed by atoms with Crippen molar-refractivity contribution in [2.24, 2.45) is 5.41 Å². The van der Waals surface area contributed by atoms with E-state index in [1.807, 2.05) is 25.3 Å². The van der Waals surface area contributed by atoms with Gasteiger partial charge in [-0.15, -0.1) is 0 Å². The van der Waals surface area contributed by atoms with Gasteiger partial charge in [-0.2, -0.15) is 0 Å². The monoisotopic (exact) mass is 604 g/mol. The summed E-state index contributed by atoms with van der Waals surface area (Å²) >= 11 is 0. The molecule has 2 aliphatic rings. The molecule has 4 heterocycles. The largest absolute Gasteiger partial charge is 0.390 e. The van der Waals surface area contributed by atoms with E-state index >= 15 is 0 Å². The molecule has 10 heteroatoms. The molecule has 232 valence electrons. The Labute approximate surface area is 254 Å². The molecule has 0 atom stereocenters. The van der Waals surface area contributed by atoms with E-state index in [-0.39, 0.29) is 41.4 Å². The highest BCUT2D eigenvalue weighted by Crippen LogP contribution is 2.44. The van der Waals surface area contributed by atoms with Gasteiger partial charge < -0.3 is 14.6 Å². The second kappa shape index (κ2) is 11.3. The number of ketones is 2. The normalized spacial score (nSPS) is 22.2. The van der Waals surface area contributed by atoms with Crippen molar-refractivity contribution in [1.29, 1.82) is 0 Å². The maximum Gasteiger partial charge on any atom is 0.185 e. The topological polar surface area (TPSA) is 112 Å². The fourth-order valence-electron chi connectivity index (χ4n) is 7.22. The van der Waals surface area contributed by atoms with Crippen molar-refractivity contribution in [2.75, 3.05) is 13.1 Å². The van der Waals surface area contributed by atoms with E-state index in [1.54, 1.807) is 6.20 Å². The van der Waals surface area contributed by atoms with Crippen molar-refractivity contribution < 1.29 is 28.0 Å². The summed E-state index contributed by atoms with van der Waals surface area (Å²) < 4.78 is 33.0. The number of H-pyrrole nitrogens is 1. The standard InChI is InChI=1S/C34H38F2N4O4/c1-32(2,26-9-13-38-31-24(26)8-12-37-31)16-23(41)17-34(19-40(20-34)22-6-10-33(3,43)11-7-22)18-29(42)28-15-30(44-39-28)25-5-4-21(35)14-27(25)36/h4-5,8-9,12-15,22,43H,6-7,10-11,16-20H2,1-3H3,(H,37,38). The maximum absolute atomic E-state index is 14.3. The highest BCUT2D eigenvalue weighted by molar-refractivity contribution is 5.96. The number of likely N-dealkylation sites (tertiary alicyclic amines) is 1. The van der Waals surface area contributed by atoms with Crippen LogP contribution in [-0.2, 0) is 10.2 Å². The van der Waals surface area contributed by atoms with Gasteiger partial charge in [0.2, 0.25) is 0 Å². The SMILES string of the molecule is CC1(O)CCC(N2CC(CC(=O)CC(C)(C)c3ccnc4[nH]ccc34)(CC(=O)c3cc(-c4ccc(F)cc4F)on3)C2)CC1. The number of aromatic nitrogens is 3. The predicted molar refractivity (Wildman–Crippen MR) is 161 cm³/mol. The van der Waals surface area contributed by atoms with Gasteiger partial charge in [-0.05, 0) is 67.9 Å². The molecule has 0 spiro atoms. The summed E-state index contributed by atoms with van der Waals surface area (Å²) in [6, 6.07) is 8.72. The Morgan fingerprint density at radius 1 is 1.11 bits per heavy atom. The van der Waals surface area contributed by atoms with Gasteiger partial charge in [0.1, 0.15) is 28.8 Å². The van der Waals surface area contributed by atoms with E-state index in [2.05, 4.69) is 33.9 Å². The van der Waals surface area contributed by atoms with E-state index < -0.39 is 28.1 Å². The molecule has 0 bridgehead atoms. The number of fused-ring (bicyclic) bond motifs is 1. The second-order valence-electron chi connectivity index (χ2n) is 13.8. The number of halogens is 2. The summed E-state index contributed by atoms with van der Waals surface area (Å²) in [5.74, 6) is -1.70. The van der Waals surface area contributed by atoms with Crippen LogP contribution in [-0.4, -0.2) is 61.4 Å². The smallest absolute Gasteiger partial charge is 0.185 e. The Bertz CT molecular complexity index is 1690. The summed E-state index contributed by atoms with van der Waals surface area (Å²) in [6.45, 7) is 7.16. The molecule has 6 rings (SSSR count). The number of carbonyl (C=O) groups excluding carboxylic acids is 2. The first-order chi connectivity index (χ1) is 20.8. The zero-order valence-corrected chi connectivity index (χ0v) is 25.3. The molecule has 0 amide bonds. The van der Waals surface area contributed by atoms with Crippen LogP contribution in [0.2, 0.25) is 0 Å². The number of hydrogen-bond donors (Lipinski definition) is 2. The molecule has 1 aliphatic heterocycles. The number of hydrogen-bond acceptors (Lipinski definition) is 7. The van der Waals surface area contributed by atoms with E-state index in [1.165, 1.54) is 12.1 Å². The van der Waals surface area contributed by atoms with Gasteiger partial charge in [0.25, 0.3) is 0 Å². The van der Waals surface area contributed by atoms with Crippen LogP contribution < -0.4 is 0 Å². The van der Waals surface area contributed by atoms with Gasteiger partial charge in [0.05, 0.1) is 11.2 Å². The van der Waals surface area contributed by atoms with Gasteiger partial charge in [-0.3, -0.25) is 14.5 Å². The number of Topliss-reactive ketones (excluding diaryl/α,β-unsaturated/α-hetero) is 2.